The number of halogens is 3. The van der Waals surface area contributed by atoms with Crippen LogP contribution in [0.25, 0.3) is 5.69 Å². The van der Waals surface area contributed by atoms with Gasteiger partial charge in [-0.15, -0.1) is 0 Å². The fourth-order valence-electron chi connectivity index (χ4n) is 3.27. The normalized spacial score (nSPS) is 12.9. The Morgan fingerprint density at radius 1 is 1.10 bits per heavy atom. The number of aromatic nitrogens is 4. The summed E-state index contributed by atoms with van der Waals surface area (Å²) >= 11 is 0. The first kappa shape index (κ1) is 21.9. The zero-order valence-corrected chi connectivity index (χ0v) is 17.9. The summed E-state index contributed by atoms with van der Waals surface area (Å²) in [6.07, 6.45) is -1.68. The summed E-state index contributed by atoms with van der Waals surface area (Å²) in [7, 11) is -4.23. The molecule has 2 heterocycles. The van der Waals surface area contributed by atoms with Gasteiger partial charge in [-0.05, 0) is 58.9 Å². The molecule has 3 rings (SSSR count). The van der Waals surface area contributed by atoms with Crippen molar-refractivity contribution in [3.05, 3.63) is 53.6 Å². The average Bonchev–Trinajstić information content (AvgIpc) is 3.21. The second-order valence-corrected chi connectivity index (χ2v) is 9.49. The number of hydrogen-bond donors (Lipinski definition) is 1. The van der Waals surface area contributed by atoms with Gasteiger partial charge < -0.3 is 0 Å². The first-order valence-corrected chi connectivity index (χ1v) is 10.5. The number of aryl methyl sites for hydroxylation is 1. The van der Waals surface area contributed by atoms with Gasteiger partial charge in [0.2, 0.25) is 0 Å². The highest BCUT2D eigenvalue weighted by Crippen LogP contribution is 2.35. The molecule has 0 aliphatic rings. The molecule has 3 aromatic rings. The summed E-state index contributed by atoms with van der Waals surface area (Å²) in [6.45, 7) is 8.78. The SMILES string of the molecule is Cc1nn(C(C)(C)C)c(C)c1S(=O)(=O)Nc1cc(C(F)(F)F)ccc1-n1cccn1. The van der Waals surface area contributed by atoms with E-state index in [1.807, 2.05) is 20.8 Å². The maximum atomic E-state index is 13.2. The minimum Gasteiger partial charge on any atom is -0.277 e. The number of nitrogens with one attached hydrogen (secondary N) is 1. The average molecular weight is 441 g/mol. The van der Waals surface area contributed by atoms with Crippen molar-refractivity contribution in [1.82, 2.24) is 19.6 Å². The largest absolute Gasteiger partial charge is 0.416 e. The molecule has 0 atom stereocenters. The van der Waals surface area contributed by atoms with Crippen molar-refractivity contribution in [3.63, 3.8) is 0 Å². The van der Waals surface area contributed by atoms with Crippen LogP contribution in [0, 0.1) is 13.8 Å². The van der Waals surface area contributed by atoms with Gasteiger partial charge in [-0.1, -0.05) is 0 Å². The third-order valence-electron chi connectivity index (χ3n) is 4.45. The van der Waals surface area contributed by atoms with Crippen molar-refractivity contribution in [2.24, 2.45) is 0 Å². The lowest BCUT2D eigenvalue weighted by Crippen LogP contribution is -2.25. The van der Waals surface area contributed by atoms with E-state index < -0.39 is 27.3 Å². The second-order valence-electron chi connectivity index (χ2n) is 7.87. The Hall–Kier alpha value is -2.82. The summed E-state index contributed by atoms with van der Waals surface area (Å²) in [5, 5.41) is 8.32. The fourth-order valence-corrected chi connectivity index (χ4v) is 4.73. The van der Waals surface area contributed by atoms with E-state index in [2.05, 4.69) is 14.9 Å². The molecule has 7 nitrogen and oxygen atoms in total. The molecule has 0 bridgehead atoms. The van der Waals surface area contributed by atoms with Gasteiger partial charge in [0.15, 0.2) is 0 Å². The molecule has 0 saturated carbocycles. The van der Waals surface area contributed by atoms with Gasteiger partial charge in [-0.2, -0.15) is 23.4 Å². The zero-order valence-electron chi connectivity index (χ0n) is 17.1. The van der Waals surface area contributed by atoms with Crippen molar-refractivity contribution in [2.75, 3.05) is 4.72 Å². The molecule has 0 saturated heterocycles. The number of alkyl halides is 3. The van der Waals surface area contributed by atoms with E-state index in [9.17, 15) is 21.6 Å². The van der Waals surface area contributed by atoms with Crippen molar-refractivity contribution >= 4 is 15.7 Å². The minimum atomic E-state index is -4.63. The Bertz CT molecular complexity index is 1170. The Kier molecular flexibility index (Phi) is 5.21. The van der Waals surface area contributed by atoms with Gasteiger partial charge in [0.25, 0.3) is 10.0 Å². The first-order chi connectivity index (χ1) is 13.7. The number of benzene rings is 1. The van der Waals surface area contributed by atoms with Crippen LogP contribution in [0.15, 0.2) is 41.6 Å². The molecule has 1 aromatic carbocycles. The molecular formula is C19H22F3N5O2S. The Morgan fingerprint density at radius 3 is 2.27 bits per heavy atom. The van der Waals surface area contributed by atoms with Crippen molar-refractivity contribution in [2.45, 2.75) is 51.2 Å². The van der Waals surface area contributed by atoms with E-state index in [-0.39, 0.29) is 22.0 Å². The molecule has 30 heavy (non-hydrogen) atoms. The number of sulfonamides is 1. The molecule has 0 radical (unpaired) electrons. The number of hydrogen-bond acceptors (Lipinski definition) is 4. The third-order valence-corrected chi connectivity index (χ3v) is 6.07. The van der Waals surface area contributed by atoms with Gasteiger partial charge in [-0.25, -0.2) is 13.1 Å². The summed E-state index contributed by atoms with van der Waals surface area (Å²) in [5.41, 5.74) is -0.887. The Morgan fingerprint density at radius 2 is 1.77 bits per heavy atom. The first-order valence-electron chi connectivity index (χ1n) is 9.02. The molecule has 0 spiro atoms. The summed E-state index contributed by atoms with van der Waals surface area (Å²) < 4.78 is 71.3. The standard InChI is InChI=1S/C19H22F3N5O2S/c1-12-17(13(2)27(24-12)18(3,4)5)30(28,29)25-15-11-14(19(20,21)22)7-8-16(15)26-10-6-9-23-26/h6-11,25H,1-5H3. The van der Waals surface area contributed by atoms with E-state index in [1.54, 1.807) is 24.6 Å². The van der Waals surface area contributed by atoms with Gasteiger partial charge in [0.05, 0.1) is 33.9 Å². The lowest BCUT2D eigenvalue weighted by atomic mass is 10.1. The van der Waals surface area contributed by atoms with Crippen molar-refractivity contribution < 1.29 is 21.6 Å². The predicted molar refractivity (Wildman–Crippen MR) is 106 cm³/mol. The molecule has 0 aliphatic heterocycles. The molecular weight excluding hydrogens is 419 g/mol. The molecule has 162 valence electrons. The van der Waals surface area contributed by atoms with Crippen molar-refractivity contribution in [3.8, 4) is 5.69 Å². The Labute approximate surface area is 172 Å². The van der Waals surface area contributed by atoms with Gasteiger partial charge in [-0.3, -0.25) is 9.40 Å². The number of rotatable bonds is 4. The number of anilines is 1. The summed E-state index contributed by atoms with van der Waals surface area (Å²) in [5.74, 6) is 0. The molecule has 0 fully saturated rings. The van der Waals surface area contributed by atoms with Crippen LogP contribution in [-0.2, 0) is 21.7 Å². The predicted octanol–water partition coefficient (Wildman–Crippen LogP) is 4.26. The van der Waals surface area contributed by atoms with Crippen LogP contribution in [0.3, 0.4) is 0 Å². The molecule has 1 N–H and O–H groups in total. The quantitative estimate of drug-likeness (QED) is 0.656. The van der Waals surface area contributed by atoms with Crippen LogP contribution in [0.2, 0.25) is 0 Å². The van der Waals surface area contributed by atoms with Gasteiger partial charge in [0.1, 0.15) is 4.90 Å². The van der Waals surface area contributed by atoms with Gasteiger partial charge >= 0.3 is 6.18 Å². The maximum Gasteiger partial charge on any atom is 0.416 e. The van der Waals surface area contributed by atoms with Crippen molar-refractivity contribution in [1.29, 1.82) is 0 Å². The monoisotopic (exact) mass is 441 g/mol. The summed E-state index contributed by atoms with van der Waals surface area (Å²) in [4.78, 5) is -0.0683. The van der Waals surface area contributed by atoms with E-state index in [0.29, 0.717) is 5.69 Å². The second kappa shape index (κ2) is 7.15. The molecule has 2 aromatic heterocycles. The van der Waals surface area contributed by atoms with Crippen LogP contribution in [0.1, 0.15) is 37.7 Å². The van der Waals surface area contributed by atoms with E-state index in [1.165, 1.54) is 23.1 Å². The number of nitrogens with zero attached hydrogens (tertiary/aromatic N) is 4. The molecule has 0 amide bonds. The highest BCUT2D eigenvalue weighted by Gasteiger charge is 2.33. The van der Waals surface area contributed by atoms with Crippen LogP contribution in [0.5, 0.6) is 0 Å². The zero-order chi connectivity index (χ0) is 22.5. The minimum absolute atomic E-state index is 0.0683. The van der Waals surface area contributed by atoms with Crippen LogP contribution in [-0.4, -0.2) is 28.0 Å². The molecule has 11 heteroatoms. The van der Waals surface area contributed by atoms with E-state index >= 15 is 0 Å². The fraction of sp³-hybridized carbons (Fsp3) is 0.368. The topological polar surface area (TPSA) is 81.8 Å². The maximum absolute atomic E-state index is 13.2. The van der Waals surface area contributed by atoms with Crippen LogP contribution in [0.4, 0.5) is 18.9 Å². The highest BCUT2D eigenvalue weighted by molar-refractivity contribution is 7.92. The molecule has 0 unspecified atom stereocenters. The van der Waals surface area contributed by atoms with Crippen LogP contribution < -0.4 is 4.72 Å². The molecule has 0 aliphatic carbocycles. The van der Waals surface area contributed by atoms with Gasteiger partial charge in [0, 0.05) is 12.4 Å². The summed E-state index contributed by atoms with van der Waals surface area (Å²) in [6, 6.07) is 4.39. The Balaban J connectivity index is 2.15. The van der Waals surface area contributed by atoms with E-state index in [4.69, 9.17) is 0 Å². The lowest BCUT2D eigenvalue weighted by Gasteiger charge is -2.21. The third kappa shape index (κ3) is 4.07. The highest BCUT2D eigenvalue weighted by atomic mass is 32.2. The lowest BCUT2D eigenvalue weighted by molar-refractivity contribution is -0.137. The smallest absolute Gasteiger partial charge is 0.277 e. The van der Waals surface area contributed by atoms with E-state index in [0.717, 1.165) is 12.1 Å². The van der Waals surface area contributed by atoms with Crippen LogP contribution >= 0.6 is 0 Å².